The smallest absolute Gasteiger partial charge is 0.265 e. The lowest BCUT2D eigenvalue weighted by atomic mass is 9.87. The molecule has 6 nitrogen and oxygen atoms in total. The molecule has 7 heteroatoms. The van der Waals surface area contributed by atoms with Crippen molar-refractivity contribution in [2.45, 2.75) is 19.8 Å². The number of nitrogens with zero attached hydrogens (tertiary/aromatic N) is 2. The Labute approximate surface area is 164 Å². The number of nitrogens with two attached hydrogens (primary N) is 1. The maximum Gasteiger partial charge on any atom is 0.265 e. The number of hydrogen-bond donors (Lipinski definition) is 1. The monoisotopic (exact) mass is 393 g/mol. The van der Waals surface area contributed by atoms with Gasteiger partial charge in [0.05, 0.1) is 11.6 Å². The molecule has 0 saturated heterocycles. The van der Waals surface area contributed by atoms with E-state index < -0.39 is 15.9 Å². The van der Waals surface area contributed by atoms with Crippen LogP contribution in [0.1, 0.15) is 29.5 Å². The minimum Gasteiger partial charge on any atom is -0.439 e. The van der Waals surface area contributed by atoms with Crippen LogP contribution in [0.15, 0.2) is 64.9 Å². The van der Waals surface area contributed by atoms with Crippen LogP contribution < -0.4 is 10.0 Å². The van der Waals surface area contributed by atoms with Crippen molar-refractivity contribution in [1.82, 2.24) is 0 Å². The van der Waals surface area contributed by atoms with Crippen LogP contribution in [0, 0.1) is 18.3 Å². The van der Waals surface area contributed by atoms with Crippen LogP contribution in [-0.4, -0.2) is 15.0 Å². The first-order valence-corrected chi connectivity index (χ1v) is 10.3. The first-order chi connectivity index (χ1) is 13.4. The van der Waals surface area contributed by atoms with Gasteiger partial charge in [-0.05, 0) is 31.5 Å². The zero-order valence-corrected chi connectivity index (χ0v) is 16.3. The Morgan fingerprint density at radius 2 is 1.96 bits per heavy atom. The molecule has 0 aromatic heterocycles. The van der Waals surface area contributed by atoms with E-state index in [1.807, 2.05) is 37.3 Å². The summed E-state index contributed by atoms with van der Waals surface area (Å²) in [7, 11) is -3.92. The molecule has 1 atom stereocenters. The molecule has 2 aromatic rings. The molecule has 2 aliphatic rings. The molecule has 0 bridgehead atoms. The molecule has 0 aliphatic carbocycles. The zero-order valence-electron chi connectivity index (χ0n) is 15.5. The fraction of sp³-hybridized carbons (Fsp3) is 0.190. The van der Waals surface area contributed by atoms with Gasteiger partial charge < -0.3 is 10.5 Å². The number of anilines is 1. The number of nitriles is 1. The first-order valence-electron chi connectivity index (χ1n) is 8.90. The largest absolute Gasteiger partial charge is 0.439 e. The summed E-state index contributed by atoms with van der Waals surface area (Å²) in [5.41, 5.74) is 9.00. The van der Waals surface area contributed by atoms with Crippen LogP contribution in [-0.2, 0) is 14.8 Å². The predicted molar refractivity (Wildman–Crippen MR) is 107 cm³/mol. The number of sulfonamides is 1. The highest BCUT2D eigenvalue weighted by atomic mass is 32.2. The number of para-hydroxylation sites is 1. The van der Waals surface area contributed by atoms with Gasteiger partial charge in [0.1, 0.15) is 16.5 Å². The number of allylic oxidation sites excluding steroid dienone is 2. The molecule has 0 fully saturated rings. The van der Waals surface area contributed by atoms with Gasteiger partial charge in [-0.25, -0.2) is 8.42 Å². The van der Waals surface area contributed by atoms with Crippen LogP contribution in [0.2, 0.25) is 0 Å². The van der Waals surface area contributed by atoms with Gasteiger partial charge in [-0.1, -0.05) is 42.0 Å². The Bertz CT molecular complexity index is 1190. The van der Waals surface area contributed by atoms with E-state index in [0.29, 0.717) is 16.8 Å². The van der Waals surface area contributed by atoms with Crippen LogP contribution in [0.25, 0.3) is 5.76 Å². The van der Waals surface area contributed by atoms with Gasteiger partial charge >= 0.3 is 0 Å². The molecule has 0 radical (unpaired) electrons. The van der Waals surface area contributed by atoms with Gasteiger partial charge in [0.25, 0.3) is 10.0 Å². The maximum absolute atomic E-state index is 13.6. The average Bonchev–Trinajstić information content (AvgIpc) is 2.67. The van der Waals surface area contributed by atoms with E-state index in [1.54, 1.807) is 25.1 Å². The molecule has 2 aromatic carbocycles. The minimum atomic E-state index is -3.92. The van der Waals surface area contributed by atoms with Crippen molar-refractivity contribution < 1.29 is 13.2 Å². The third kappa shape index (κ3) is 2.49. The van der Waals surface area contributed by atoms with Crippen LogP contribution >= 0.6 is 0 Å². The lowest BCUT2D eigenvalue weighted by Crippen LogP contribution is -2.39. The van der Waals surface area contributed by atoms with E-state index in [0.717, 1.165) is 5.56 Å². The number of fused-ring (bicyclic) bond motifs is 2. The fourth-order valence-corrected chi connectivity index (χ4v) is 5.77. The highest BCUT2D eigenvalue weighted by Crippen LogP contribution is 2.50. The molecule has 0 saturated carbocycles. The summed E-state index contributed by atoms with van der Waals surface area (Å²) < 4.78 is 34.3. The molecule has 1 unspecified atom stereocenters. The normalized spacial score (nSPS) is 20.2. The molecular formula is C21H19N3O3S. The molecule has 2 aliphatic heterocycles. The van der Waals surface area contributed by atoms with Crippen molar-refractivity contribution in [3.63, 3.8) is 0 Å². The van der Waals surface area contributed by atoms with Crippen molar-refractivity contribution >= 4 is 21.5 Å². The van der Waals surface area contributed by atoms with Gasteiger partial charge in [0.2, 0.25) is 5.88 Å². The molecule has 2 N–H and O–H groups in total. The second-order valence-corrected chi connectivity index (χ2v) is 8.55. The summed E-state index contributed by atoms with van der Waals surface area (Å²) in [6, 6.07) is 16.6. The standard InChI is InChI=1S/C21H19N3O3S/c1-3-24-17-10-5-4-9-15(17)19-20(28(24,25)26)18(16(12-22)21(23)27-19)14-8-6-7-13(2)11-14/h4-11,18H,3,23H2,1-2H3. The highest BCUT2D eigenvalue weighted by molar-refractivity contribution is 7.97. The Balaban J connectivity index is 2.09. The van der Waals surface area contributed by atoms with Crippen LogP contribution in [0.3, 0.4) is 0 Å². The van der Waals surface area contributed by atoms with Crippen molar-refractivity contribution in [1.29, 1.82) is 5.26 Å². The average molecular weight is 393 g/mol. The van der Waals surface area contributed by atoms with Gasteiger partial charge in [-0.2, -0.15) is 5.26 Å². The van der Waals surface area contributed by atoms with Gasteiger partial charge in [0.15, 0.2) is 5.76 Å². The van der Waals surface area contributed by atoms with E-state index >= 15 is 0 Å². The van der Waals surface area contributed by atoms with Gasteiger partial charge in [0, 0.05) is 12.1 Å². The fourth-order valence-electron chi connectivity index (χ4n) is 3.83. The van der Waals surface area contributed by atoms with E-state index in [1.165, 1.54) is 4.31 Å². The minimum absolute atomic E-state index is 0.0596. The Hall–Kier alpha value is -3.24. The van der Waals surface area contributed by atoms with E-state index in [-0.39, 0.29) is 28.7 Å². The van der Waals surface area contributed by atoms with E-state index in [2.05, 4.69) is 6.07 Å². The second kappa shape index (κ2) is 6.43. The zero-order chi connectivity index (χ0) is 20.1. The third-order valence-corrected chi connectivity index (χ3v) is 7.03. The number of benzene rings is 2. The summed E-state index contributed by atoms with van der Waals surface area (Å²) in [6.45, 7) is 3.96. The summed E-state index contributed by atoms with van der Waals surface area (Å²) in [6.07, 6.45) is 0. The van der Waals surface area contributed by atoms with Gasteiger partial charge in [-0.15, -0.1) is 0 Å². The molecule has 0 amide bonds. The highest BCUT2D eigenvalue weighted by Gasteiger charge is 2.46. The molecule has 142 valence electrons. The molecule has 4 rings (SSSR count). The Morgan fingerprint density at radius 1 is 1.21 bits per heavy atom. The summed E-state index contributed by atoms with van der Waals surface area (Å²) >= 11 is 0. The number of ether oxygens (including phenoxy) is 1. The quantitative estimate of drug-likeness (QED) is 0.844. The summed E-state index contributed by atoms with van der Waals surface area (Å²) in [5.74, 6) is -0.688. The van der Waals surface area contributed by atoms with Crippen LogP contribution in [0.4, 0.5) is 5.69 Å². The molecule has 0 spiro atoms. The SMILES string of the molecule is CCN1c2ccccc2C2=C(C(c3cccc(C)c3)C(C#N)=C(N)O2)S1(=O)=O. The maximum atomic E-state index is 13.6. The molecule has 28 heavy (non-hydrogen) atoms. The van der Waals surface area contributed by atoms with E-state index in [4.69, 9.17) is 10.5 Å². The lowest BCUT2D eigenvalue weighted by Gasteiger charge is -2.37. The van der Waals surface area contributed by atoms with Gasteiger partial charge in [-0.3, -0.25) is 4.31 Å². The molecular weight excluding hydrogens is 374 g/mol. The number of aryl methyl sites for hydroxylation is 1. The first kappa shape index (κ1) is 18.1. The summed E-state index contributed by atoms with van der Waals surface area (Å²) in [5, 5.41) is 9.74. The van der Waals surface area contributed by atoms with Crippen LogP contribution in [0.5, 0.6) is 0 Å². The third-order valence-electron chi connectivity index (χ3n) is 5.02. The van der Waals surface area contributed by atoms with Crippen molar-refractivity contribution in [2.75, 3.05) is 10.8 Å². The number of hydrogen-bond acceptors (Lipinski definition) is 5. The second-order valence-electron chi connectivity index (χ2n) is 6.72. The predicted octanol–water partition coefficient (Wildman–Crippen LogP) is 3.34. The Kier molecular flexibility index (Phi) is 4.16. The van der Waals surface area contributed by atoms with Crippen molar-refractivity contribution in [3.8, 4) is 6.07 Å². The number of rotatable bonds is 2. The molecule has 2 heterocycles. The topological polar surface area (TPSA) is 96.4 Å². The summed E-state index contributed by atoms with van der Waals surface area (Å²) in [4.78, 5) is 0.0596. The Morgan fingerprint density at radius 3 is 2.64 bits per heavy atom. The van der Waals surface area contributed by atoms with Crippen molar-refractivity contribution in [3.05, 3.63) is 81.6 Å². The lowest BCUT2D eigenvalue weighted by molar-refractivity contribution is 0.357. The van der Waals surface area contributed by atoms with E-state index in [9.17, 15) is 13.7 Å². The van der Waals surface area contributed by atoms with Crippen molar-refractivity contribution in [2.24, 2.45) is 5.73 Å².